The molecule has 0 aliphatic carbocycles. The van der Waals surface area contributed by atoms with Gasteiger partial charge in [-0.25, -0.2) is 18.5 Å². The number of pyridine rings is 1. The molecule has 140 valence electrons. The van der Waals surface area contributed by atoms with Gasteiger partial charge in [0.1, 0.15) is 5.82 Å². The Hall–Kier alpha value is -2.45. The second-order valence-corrected chi connectivity index (χ2v) is 7.47. The molecule has 0 spiro atoms. The average Bonchev–Trinajstić information content (AvgIpc) is 2.62. The summed E-state index contributed by atoms with van der Waals surface area (Å²) in [5.74, 6) is 0.511. The molecule has 1 amide bonds. The Morgan fingerprint density at radius 2 is 1.88 bits per heavy atom. The number of benzene rings is 1. The van der Waals surface area contributed by atoms with Gasteiger partial charge in [-0.15, -0.1) is 0 Å². The molecule has 2 rings (SSSR count). The summed E-state index contributed by atoms with van der Waals surface area (Å²) >= 11 is 0. The number of carbonyl (C=O) groups is 1. The molecule has 1 heterocycles. The van der Waals surface area contributed by atoms with Crippen LogP contribution in [-0.4, -0.2) is 32.4 Å². The topological polar surface area (TPSA) is 114 Å². The lowest BCUT2D eigenvalue weighted by atomic mass is 10.1. The maximum absolute atomic E-state index is 12.2. The first kappa shape index (κ1) is 19.9. The second-order valence-electron chi connectivity index (χ2n) is 5.90. The fourth-order valence-electron chi connectivity index (χ4n) is 2.33. The Morgan fingerprint density at radius 3 is 2.54 bits per heavy atom. The summed E-state index contributed by atoms with van der Waals surface area (Å²) in [6.07, 6.45) is 4.33. The van der Waals surface area contributed by atoms with Crippen molar-refractivity contribution >= 4 is 21.7 Å². The summed E-state index contributed by atoms with van der Waals surface area (Å²) < 4.78 is 22.5. The van der Waals surface area contributed by atoms with Crippen molar-refractivity contribution in [3.63, 3.8) is 0 Å². The Bertz CT molecular complexity index is 836. The minimum Gasteiger partial charge on any atom is -0.370 e. The largest absolute Gasteiger partial charge is 0.370 e. The fraction of sp³-hybridized carbons (Fsp3) is 0.333. The first-order valence-corrected chi connectivity index (χ1v) is 10.0. The molecule has 1 aromatic carbocycles. The number of primary sulfonamides is 1. The summed E-state index contributed by atoms with van der Waals surface area (Å²) in [5.41, 5.74) is 1.46. The van der Waals surface area contributed by atoms with Crippen molar-refractivity contribution in [1.82, 2.24) is 10.3 Å². The first-order valence-electron chi connectivity index (χ1n) is 8.50. The van der Waals surface area contributed by atoms with Crippen molar-refractivity contribution in [3.05, 3.63) is 53.7 Å². The van der Waals surface area contributed by atoms with Gasteiger partial charge in [0.2, 0.25) is 10.0 Å². The third-order valence-corrected chi connectivity index (χ3v) is 4.74. The normalized spacial score (nSPS) is 11.2. The van der Waals surface area contributed by atoms with Gasteiger partial charge in [0.15, 0.2) is 0 Å². The summed E-state index contributed by atoms with van der Waals surface area (Å²) in [4.78, 5) is 16.5. The Labute approximate surface area is 154 Å². The van der Waals surface area contributed by atoms with Crippen LogP contribution in [0.4, 0.5) is 5.82 Å². The van der Waals surface area contributed by atoms with Crippen LogP contribution in [0.25, 0.3) is 0 Å². The van der Waals surface area contributed by atoms with Crippen molar-refractivity contribution in [3.8, 4) is 0 Å². The zero-order valence-corrected chi connectivity index (χ0v) is 15.6. The maximum Gasteiger partial charge on any atom is 0.251 e. The summed E-state index contributed by atoms with van der Waals surface area (Å²) in [7, 11) is -3.68. The minimum absolute atomic E-state index is 0.0742. The quantitative estimate of drug-likeness (QED) is 0.579. The van der Waals surface area contributed by atoms with E-state index in [1.54, 1.807) is 30.5 Å². The highest BCUT2D eigenvalue weighted by Gasteiger charge is 2.08. The Kier molecular flexibility index (Phi) is 7.11. The molecule has 0 unspecified atom stereocenters. The van der Waals surface area contributed by atoms with Gasteiger partial charge in [0.05, 0.1) is 4.90 Å². The smallest absolute Gasteiger partial charge is 0.251 e. The number of unbranched alkanes of at least 4 members (excludes halogenated alkanes) is 1. The first-order chi connectivity index (χ1) is 12.4. The molecule has 1 aromatic heterocycles. The standard InChI is InChI=1S/C18H24N4O3S/c1-2-3-10-20-17-13-15(9-12-21-17)18(23)22-11-8-14-4-6-16(7-5-14)26(19,24)25/h4-7,9,12-13H,2-3,8,10-11H2,1H3,(H,20,21)(H,22,23)(H2,19,24,25). The van der Waals surface area contributed by atoms with Crippen molar-refractivity contribution in [2.24, 2.45) is 5.14 Å². The van der Waals surface area contributed by atoms with Gasteiger partial charge in [-0.3, -0.25) is 4.79 Å². The summed E-state index contributed by atoms with van der Waals surface area (Å²) in [6, 6.07) is 9.70. The van der Waals surface area contributed by atoms with Crippen LogP contribution < -0.4 is 15.8 Å². The number of hydrogen-bond donors (Lipinski definition) is 3. The summed E-state index contributed by atoms with van der Waals surface area (Å²) in [5, 5.41) is 11.1. The second kappa shape index (κ2) is 9.30. The Balaban J connectivity index is 1.86. The lowest BCUT2D eigenvalue weighted by Crippen LogP contribution is -2.25. The van der Waals surface area contributed by atoms with E-state index in [2.05, 4.69) is 22.5 Å². The van der Waals surface area contributed by atoms with Crippen LogP contribution in [-0.2, 0) is 16.4 Å². The predicted octanol–water partition coefficient (Wildman–Crippen LogP) is 1.91. The van der Waals surface area contributed by atoms with Crippen molar-refractivity contribution in [1.29, 1.82) is 0 Å². The molecule has 8 heteroatoms. The van der Waals surface area contributed by atoms with Crippen LogP contribution in [0.2, 0.25) is 0 Å². The number of nitrogens with one attached hydrogen (secondary N) is 2. The number of carbonyl (C=O) groups excluding carboxylic acids is 1. The Morgan fingerprint density at radius 1 is 1.15 bits per heavy atom. The molecule has 0 bridgehead atoms. The molecule has 4 N–H and O–H groups in total. The van der Waals surface area contributed by atoms with Gasteiger partial charge >= 0.3 is 0 Å². The fourth-order valence-corrected chi connectivity index (χ4v) is 2.85. The number of sulfonamides is 1. The molecule has 0 aliphatic rings. The van der Waals surface area contributed by atoms with E-state index in [0.29, 0.717) is 24.3 Å². The third kappa shape index (κ3) is 6.12. The molecule has 0 saturated heterocycles. The monoisotopic (exact) mass is 376 g/mol. The van der Waals surface area contributed by atoms with Gasteiger partial charge < -0.3 is 10.6 Å². The van der Waals surface area contributed by atoms with E-state index in [-0.39, 0.29) is 10.8 Å². The maximum atomic E-state index is 12.2. The van der Waals surface area contributed by atoms with Crippen LogP contribution in [0, 0.1) is 0 Å². The van der Waals surface area contributed by atoms with Crippen LogP contribution >= 0.6 is 0 Å². The highest BCUT2D eigenvalue weighted by atomic mass is 32.2. The van der Waals surface area contributed by atoms with Crippen LogP contribution in [0.3, 0.4) is 0 Å². The van der Waals surface area contributed by atoms with Crippen LogP contribution in [0.1, 0.15) is 35.7 Å². The van der Waals surface area contributed by atoms with Crippen LogP contribution in [0.5, 0.6) is 0 Å². The predicted molar refractivity (Wildman–Crippen MR) is 101 cm³/mol. The molecule has 26 heavy (non-hydrogen) atoms. The molecule has 0 atom stereocenters. The van der Waals surface area contributed by atoms with Gasteiger partial charge in [-0.2, -0.15) is 0 Å². The number of nitrogens with two attached hydrogens (primary N) is 1. The average molecular weight is 376 g/mol. The molecule has 0 radical (unpaired) electrons. The zero-order chi connectivity index (χ0) is 19.0. The van der Waals surface area contributed by atoms with Gasteiger partial charge in [0.25, 0.3) is 5.91 Å². The van der Waals surface area contributed by atoms with E-state index in [4.69, 9.17) is 5.14 Å². The molecule has 0 saturated carbocycles. The van der Waals surface area contributed by atoms with E-state index >= 15 is 0 Å². The molecule has 0 fully saturated rings. The number of nitrogens with zero attached hydrogens (tertiary/aromatic N) is 1. The number of rotatable bonds is 9. The van der Waals surface area contributed by atoms with E-state index < -0.39 is 10.0 Å². The molecule has 0 aliphatic heterocycles. The van der Waals surface area contributed by atoms with E-state index in [1.807, 2.05) is 0 Å². The number of hydrogen-bond acceptors (Lipinski definition) is 5. The number of amides is 1. The molecule has 2 aromatic rings. The minimum atomic E-state index is -3.68. The molecular weight excluding hydrogens is 352 g/mol. The number of aromatic nitrogens is 1. The van der Waals surface area contributed by atoms with E-state index in [1.165, 1.54) is 12.1 Å². The van der Waals surface area contributed by atoms with E-state index in [9.17, 15) is 13.2 Å². The lowest BCUT2D eigenvalue weighted by molar-refractivity contribution is 0.0954. The van der Waals surface area contributed by atoms with Crippen molar-refractivity contribution in [2.45, 2.75) is 31.1 Å². The van der Waals surface area contributed by atoms with Gasteiger partial charge in [-0.05, 0) is 42.7 Å². The molecule has 7 nitrogen and oxygen atoms in total. The highest BCUT2D eigenvalue weighted by molar-refractivity contribution is 7.89. The SMILES string of the molecule is CCCCNc1cc(C(=O)NCCc2ccc(S(N)(=O)=O)cc2)ccn1. The van der Waals surface area contributed by atoms with Gasteiger partial charge in [-0.1, -0.05) is 25.5 Å². The number of anilines is 1. The highest BCUT2D eigenvalue weighted by Crippen LogP contribution is 2.10. The lowest BCUT2D eigenvalue weighted by Gasteiger charge is -2.08. The van der Waals surface area contributed by atoms with Gasteiger partial charge in [0, 0.05) is 24.8 Å². The van der Waals surface area contributed by atoms with Crippen molar-refractivity contribution in [2.75, 3.05) is 18.4 Å². The third-order valence-electron chi connectivity index (χ3n) is 3.81. The summed E-state index contributed by atoms with van der Waals surface area (Å²) in [6.45, 7) is 3.37. The van der Waals surface area contributed by atoms with E-state index in [0.717, 1.165) is 24.9 Å². The van der Waals surface area contributed by atoms with Crippen molar-refractivity contribution < 1.29 is 13.2 Å². The van der Waals surface area contributed by atoms with Crippen LogP contribution in [0.15, 0.2) is 47.5 Å². The molecular formula is C18H24N4O3S. The zero-order valence-electron chi connectivity index (χ0n) is 14.7.